The SMILES string of the molecule is Cc1nn(CC(=O)c2cccc(F)c2)c(C)c1Cl. The molecular formula is C13H12ClFN2O. The van der Waals surface area contributed by atoms with Gasteiger partial charge in [0.05, 0.1) is 16.4 Å². The summed E-state index contributed by atoms with van der Waals surface area (Å²) in [5, 5.41) is 4.73. The molecule has 18 heavy (non-hydrogen) atoms. The monoisotopic (exact) mass is 266 g/mol. The van der Waals surface area contributed by atoms with Gasteiger partial charge in [-0.05, 0) is 26.0 Å². The molecule has 0 N–H and O–H groups in total. The Hall–Kier alpha value is -1.68. The largest absolute Gasteiger partial charge is 0.292 e. The summed E-state index contributed by atoms with van der Waals surface area (Å²) >= 11 is 6.00. The zero-order valence-electron chi connectivity index (χ0n) is 10.1. The fourth-order valence-corrected chi connectivity index (χ4v) is 1.85. The van der Waals surface area contributed by atoms with Crippen molar-refractivity contribution in [1.82, 2.24) is 9.78 Å². The second-order valence-corrected chi connectivity index (χ2v) is 4.45. The molecule has 0 radical (unpaired) electrons. The number of rotatable bonds is 3. The Balaban J connectivity index is 2.24. The first-order valence-corrected chi connectivity index (χ1v) is 5.85. The molecule has 0 aliphatic heterocycles. The zero-order chi connectivity index (χ0) is 13.3. The van der Waals surface area contributed by atoms with E-state index in [1.807, 2.05) is 0 Å². The van der Waals surface area contributed by atoms with Gasteiger partial charge in [-0.1, -0.05) is 23.7 Å². The fraction of sp³-hybridized carbons (Fsp3) is 0.231. The third-order valence-electron chi connectivity index (χ3n) is 2.73. The predicted molar refractivity (Wildman–Crippen MR) is 67.4 cm³/mol. The normalized spacial score (nSPS) is 10.7. The van der Waals surface area contributed by atoms with E-state index in [4.69, 9.17) is 11.6 Å². The van der Waals surface area contributed by atoms with Crippen molar-refractivity contribution in [3.05, 3.63) is 52.1 Å². The van der Waals surface area contributed by atoms with Crippen LogP contribution in [0.3, 0.4) is 0 Å². The summed E-state index contributed by atoms with van der Waals surface area (Å²) in [6, 6.07) is 5.61. The van der Waals surface area contributed by atoms with Crippen molar-refractivity contribution in [2.75, 3.05) is 0 Å². The summed E-state index contributed by atoms with van der Waals surface area (Å²) in [5.74, 6) is -0.621. The lowest BCUT2D eigenvalue weighted by Crippen LogP contribution is -2.13. The fourth-order valence-electron chi connectivity index (χ4n) is 1.72. The number of ketones is 1. The number of aromatic nitrogens is 2. The Morgan fingerprint density at radius 1 is 1.44 bits per heavy atom. The number of nitrogens with zero attached hydrogens (tertiary/aromatic N) is 2. The molecule has 0 aliphatic carbocycles. The Morgan fingerprint density at radius 3 is 2.72 bits per heavy atom. The van der Waals surface area contributed by atoms with Gasteiger partial charge in [-0.15, -0.1) is 0 Å². The number of hydrogen-bond donors (Lipinski definition) is 0. The number of hydrogen-bond acceptors (Lipinski definition) is 2. The maximum Gasteiger partial charge on any atom is 0.184 e. The summed E-state index contributed by atoms with van der Waals surface area (Å²) in [5.41, 5.74) is 1.75. The van der Waals surface area contributed by atoms with Crippen molar-refractivity contribution in [2.24, 2.45) is 0 Å². The van der Waals surface area contributed by atoms with Crippen molar-refractivity contribution < 1.29 is 9.18 Å². The first-order valence-electron chi connectivity index (χ1n) is 5.47. The van der Waals surface area contributed by atoms with E-state index < -0.39 is 5.82 Å². The molecule has 94 valence electrons. The van der Waals surface area contributed by atoms with Crippen LogP contribution < -0.4 is 0 Å². The number of aryl methyl sites for hydroxylation is 1. The summed E-state index contributed by atoms with van der Waals surface area (Å²) < 4.78 is 14.6. The van der Waals surface area contributed by atoms with Crippen LogP contribution in [0.25, 0.3) is 0 Å². The van der Waals surface area contributed by atoms with Gasteiger partial charge in [-0.25, -0.2) is 4.39 Å². The second-order valence-electron chi connectivity index (χ2n) is 4.08. The van der Waals surface area contributed by atoms with Crippen molar-refractivity contribution in [3.63, 3.8) is 0 Å². The van der Waals surface area contributed by atoms with Crippen molar-refractivity contribution >= 4 is 17.4 Å². The molecule has 0 unspecified atom stereocenters. The molecule has 2 aromatic rings. The average Bonchev–Trinajstić information content (AvgIpc) is 2.57. The maximum absolute atomic E-state index is 13.0. The van der Waals surface area contributed by atoms with Crippen LogP contribution in [-0.4, -0.2) is 15.6 Å². The van der Waals surface area contributed by atoms with E-state index in [0.29, 0.717) is 16.3 Å². The summed E-state index contributed by atoms with van der Waals surface area (Å²) in [4.78, 5) is 12.0. The van der Waals surface area contributed by atoms with E-state index in [2.05, 4.69) is 5.10 Å². The van der Waals surface area contributed by atoms with Gasteiger partial charge in [0.2, 0.25) is 0 Å². The Kier molecular flexibility index (Phi) is 3.48. The number of carbonyl (C=O) groups excluding carboxylic acids is 1. The molecular weight excluding hydrogens is 255 g/mol. The quantitative estimate of drug-likeness (QED) is 0.800. The number of Topliss-reactive ketones (excluding diaryl/α,β-unsaturated/α-hetero) is 1. The molecule has 1 aromatic carbocycles. The van der Waals surface area contributed by atoms with E-state index in [1.54, 1.807) is 19.9 Å². The number of carbonyl (C=O) groups is 1. The smallest absolute Gasteiger partial charge is 0.184 e. The Bertz CT molecular complexity index is 607. The molecule has 1 heterocycles. The van der Waals surface area contributed by atoms with Crippen molar-refractivity contribution in [2.45, 2.75) is 20.4 Å². The molecule has 5 heteroatoms. The Labute approximate surface area is 109 Å². The lowest BCUT2D eigenvalue weighted by atomic mass is 10.1. The predicted octanol–water partition coefficient (Wildman–Crippen LogP) is 3.18. The second kappa shape index (κ2) is 4.90. The maximum atomic E-state index is 13.0. The molecule has 2 rings (SSSR count). The molecule has 1 aromatic heterocycles. The molecule has 0 saturated carbocycles. The van der Waals surface area contributed by atoms with E-state index in [-0.39, 0.29) is 12.3 Å². The van der Waals surface area contributed by atoms with Gasteiger partial charge in [0.1, 0.15) is 12.4 Å². The van der Waals surface area contributed by atoms with Gasteiger partial charge >= 0.3 is 0 Å². The zero-order valence-corrected chi connectivity index (χ0v) is 10.8. The highest BCUT2D eigenvalue weighted by Gasteiger charge is 2.13. The van der Waals surface area contributed by atoms with Crippen molar-refractivity contribution in [3.8, 4) is 0 Å². The molecule has 0 aliphatic rings. The first-order chi connectivity index (χ1) is 8.49. The Morgan fingerprint density at radius 2 is 2.17 bits per heavy atom. The van der Waals surface area contributed by atoms with E-state index >= 15 is 0 Å². The van der Waals surface area contributed by atoms with E-state index in [0.717, 1.165) is 5.69 Å². The standard InChI is InChI=1S/C13H12ClFN2O/c1-8-13(14)9(2)17(16-8)7-12(18)10-4-3-5-11(15)6-10/h3-6H,7H2,1-2H3. The van der Waals surface area contributed by atoms with Crippen molar-refractivity contribution in [1.29, 1.82) is 0 Å². The molecule has 0 bridgehead atoms. The van der Waals surface area contributed by atoms with E-state index in [9.17, 15) is 9.18 Å². The van der Waals surface area contributed by atoms with Crippen LogP contribution in [0.5, 0.6) is 0 Å². The minimum absolute atomic E-state index is 0.0584. The average molecular weight is 267 g/mol. The molecule has 0 amide bonds. The van der Waals surface area contributed by atoms with Crippen LogP contribution in [0.4, 0.5) is 4.39 Å². The highest BCUT2D eigenvalue weighted by molar-refractivity contribution is 6.31. The van der Waals surface area contributed by atoms with Crippen LogP contribution in [-0.2, 0) is 6.54 Å². The van der Waals surface area contributed by atoms with Crippen LogP contribution >= 0.6 is 11.6 Å². The number of benzene rings is 1. The lowest BCUT2D eigenvalue weighted by molar-refractivity contribution is 0.0966. The first kappa shape index (κ1) is 12.8. The van der Waals surface area contributed by atoms with Crippen LogP contribution in [0.2, 0.25) is 5.02 Å². The molecule has 0 fully saturated rings. The highest BCUT2D eigenvalue weighted by atomic mass is 35.5. The van der Waals surface area contributed by atoms with Crippen LogP contribution in [0.1, 0.15) is 21.7 Å². The third kappa shape index (κ3) is 2.43. The van der Waals surface area contributed by atoms with E-state index in [1.165, 1.54) is 22.9 Å². The lowest BCUT2D eigenvalue weighted by Gasteiger charge is -2.04. The van der Waals surface area contributed by atoms with Gasteiger partial charge in [0.25, 0.3) is 0 Å². The van der Waals surface area contributed by atoms with Gasteiger partial charge in [-0.2, -0.15) is 5.10 Å². The van der Waals surface area contributed by atoms with Gasteiger partial charge in [-0.3, -0.25) is 9.48 Å². The summed E-state index contributed by atoms with van der Waals surface area (Å²) in [6.07, 6.45) is 0. The summed E-state index contributed by atoms with van der Waals surface area (Å²) in [6.45, 7) is 3.63. The molecule has 0 spiro atoms. The van der Waals surface area contributed by atoms with Gasteiger partial charge < -0.3 is 0 Å². The summed E-state index contributed by atoms with van der Waals surface area (Å²) in [7, 11) is 0. The third-order valence-corrected chi connectivity index (χ3v) is 3.28. The molecule has 0 saturated heterocycles. The minimum atomic E-state index is -0.424. The molecule has 3 nitrogen and oxygen atoms in total. The molecule has 0 atom stereocenters. The minimum Gasteiger partial charge on any atom is -0.292 e. The number of halogens is 2. The van der Waals surface area contributed by atoms with Crippen LogP contribution in [0.15, 0.2) is 24.3 Å². The highest BCUT2D eigenvalue weighted by Crippen LogP contribution is 2.19. The van der Waals surface area contributed by atoms with Gasteiger partial charge in [0, 0.05) is 5.56 Å². The van der Waals surface area contributed by atoms with Crippen LogP contribution in [0, 0.1) is 19.7 Å². The topological polar surface area (TPSA) is 34.9 Å². The van der Waals surface area contributed by atoms with Gasteiger partial charge in [0.15, 0.2) is 5.78 Å².